The minimum atomic E-state index is -0.0660. The maximum Gasteiger partial charge on any atom is 0.329 e. The highest BCUT2D eigenvalue weighted by atomic mass is 79.9. The number of aromatic nitrogens is 3. The van der Waals surface area contributed by atoms with Crippen molar-refractivity contribution < 1.29 is 9.47 Å². The van der Waals surface area contributed by atoms with Gasteiger partial charge in [-0.05, 0) is 99.6 Å². The van der Waals surface area contributed by atoms with E-state index in [1.807, 2.05) is 24.3 Å². The fraction of sp³-hybridized carbons (Fsp3) is 0. The summed E-state index contributed by atoms with van der Waals surface area (Å²) in [6.07, 6.45) is 0. The molecule has 0 bridgehead atoms. The first-order valence-electron chi connectivity index (χ1n) is 6.79. The quantitative estimate of drug-likeness (QED) is 0.266. The van der Waals surface area contributed by atoms with Gasteiger partial charge in [-0.1, -0.05) is 31.9 Å². The van der Waals surface area contributed by atoms with Gasteiger partial charge in [-0.15, -0.1) is 4.98 Å². The lowest BCUT2D eigenvalue weighted by Crippen LogP contribution is -2.00. The van der Waals surface area contributed by atoms with Crippen molar-refractivity contribution in [2.45, 2.75) is 0 Å². The van der Waals surface area contributed by atoms with Crippen molar-refractivity contribution in [2.24, 2.45) is 0 Å². The molecule has 0 fully saturated rings. The van der Waals surface area contributed by atoms with Crippen LogP contribution < -0.4 is 9.47 Å². The van der Waals surface area contributed by atoms with E-state index in [1.54, 1.807) is 0 Å². The fourth-order valence-electron chi connectivity index (χ4n) is 1.84. The van der Waals surface area contributed by atoms with E-state index in [-0.39, 0.29) is 17.3 Å². The van der Waals surface area contributed by atoms with Crippen molar-refractivity contribution >= 4 is 107 Å². The molecule has 140 valence electrons. The van der Waals surface area contributed by atoms with Gasteiger partial charge in [0, 0.05) is 8.95 Å². The van der Waals surface area contributed by atoms with Crippen LogP contribution in [-0.2, 0) is 0 Å². The molecule has 0 aliphatic heterocycles. The van der Waals surface area contributed by atoms with E-state index < -0.39 is 0 Å². The van der Waals surface area contributed by atoms with E-state index in [2.05, 4.69) is 111 Å². The summed E-state index contributed by atoms with van der Waals surface area (Å²) in [6.45, 7) is 0. The molecule has 0 aliphatic carbocycles. The number of halogens is 7. The van der Waals surface area contributed by atoms with Gasteiger partial charge in [-0.3, -0.25) is 0 Å². The molecule has 0 spiro atoms. The third-order valence-corrected chi connectivity index (χ3v) is 6.32. The molecule has 0 amide bonds. The topological polar surface area (TPSA) is 57.1 Å². The van der Waals surface area contributed by atoms with Crippen LogP contribution in [0.5, 0.6) is 23.5 Å². The second-order valence-corrected chi connectivity index (χ2v) is 10.4. The lowest BCUT2D eigenvalue weighted by molar-refractivity contribution is 0.392. The minimum absolute atomic E-state index is 0.0157. The Bertz CT molecular complexity index is 913. The van der Waals surface area contributed by atoms with Gasteiger partial charge < -0.3 is 9.47 Å². The SMILES string of the molecule is Clc1nc(Oc2c(Br)cc(Br)cc2Br)nc(Oc2c(Br)cc(Br)cc2Br)n1. The summed E-state index contributed by atoms with van der Waals surface area (Å²) in [5, 5.41) is -0.0660. The third-order valence-electron chi connectivity index (χ3n) is 2.88. The van der Waals surface area contributed by atoms with Crippen molar-refractivity contribution in [1.29, 1.82) is 0 Å². The van der Waals surface area contributed by atoms with Crippen molar-refractivity contribution in [1.82, 2.24) is 15.0 Å². The zero-order valence-electron chi connectivity index (χ0n) is 12.6. The van der Waals surface area contributed by atoms with E-state index >= 15 is 0 Å². The highest BCUT2D eigenvalue weighted by Crippen LogP contribution is 2.40. The third kappa shape index (κ3) is 5.64. The molecule has 0 unspecified atom stereocenters. The Balaban J connectivity index is 1.94. The first-order chi connectivity index (χ1) is 12.7. The zero-order valence-corrected chi connectivity index (χ0v) is 22.9. The van der Waals surface area contributed by atoms with Crippen LogP contribution in [0.25, 0.3) is 0 Å². The van der Waals surface area contributed by atoms with Crippen LogP contribution in [-0.4, -0.2) is 15.0 Å². The summed E-state index contributed by atoms with van der Waals surface area (Å²) >= 11 is 26.5. The molecule has 27 heavy (non-hydrogen) atoms. The van der Waals surface area contributed by atoms with Crippen LogP contribution in [0.4, 0.5) is 0 Å². The van der Waals surface area contributed by atoms with E-state index in [4.69, 9.17) is 21.1 Å². The summed E-state index contributed by atoms with van der Waals surface area (Å²) in [5.41, 5.74) is 0. The zero-order chi connectivity index (χ0) is 19.7. The van der Waals surface area contributed by atoms with Gasteiger partial charge in [-0.25, -0.2) is 0 Å². The fourth-order valence-corrected chi connectivity index (χ4v) is 6.83. The van der Waals surface area contributed by atoms with E-state index in [9.17, 15) is 0 Å². The molecule has 0 radical (unpaired) electrons. The molecule has 2 aromatic carbocycles. The molecular formula is C15H4Br6ClN3O2. The van der Waals surface area contributed by atoms with Gasteiger partial charge in [0.15, 0.2) is 11.5 Å². The molecule has 3 rings (SSSR count). The Morgan fingerprint density at radius 1 is 0.593 bits per heavy atom. The average Bonchev–Trinajstić information content (AvgIpc) is 2.54. The Morgan fingerprint density at radius 2 is 0.926 bits per heavy atom. The van der Waals surface area contributed by atoms with Crippen LogP contribution in [0.1, 0.15) is 0 Å². The Hall–Kier alpha value is 0.220. The Kier molecular flexibility index (Phi) is 7.59. The maximum atomic E-state index is 6.01. The molecule has 5 nitrogen and oxygen atoms in total. The second kappa shape index (κ2) is 9.36. The van der Waals surface area contributed by atoms with Gasteiger partial charge in [-0.2, -0.15) is 9.97 Å². The molecule has 12 heteroatoms. The number of nitrogens with zero attached hydrogens (tertiary/aromatic N) is 3. The Labute approximate surface area is 209 Å². The second-order valence-electron chi connectivity index (χ2n) is 4.77. The summed E-state index contributed by atoms with van der Waals surface area (Å²) in [5.74, 6) is 0.967. The van der Waals surface area contributed by atoms with Gasteiger partial charge in [0.1, 0.15) is 0 Å². The minimum Gasteiger partial charge on any atom is -0.422 e. The summed E-state index contributed by atoms with van der Waals surface area (Å²) in [4.78, 5) is 12.2. The van der Waals surface area contributed by atoms with E-state index in [1.165, 1.54) is 0 Å². The Morgan fingerprint density at radius 3 is 1.26 bits per heavy atom. The molecule has 0 atom stereocenters. The summed E-state index contributed by atoms with van der Waals surface area (Å²) in [7, 11) is 0. The van der Waals surface area contributed by atoms with E-state index in [0.29, 0.717) is 29.4 Å². The molecule has 0 aliphatic rings. The van der Waals surface area contributed by atoms with Gasteiger partial charge in [0.25, 0.3) is 0 Å². The lowest BCUT2D eigenvalue weighted by Gasteiger charge is -2.11. The van der Waals surface area contributed by atoms with Crippen LogP contribution >= 0.6 is 107 Å². The van der Waals surface area contributed by atoms with Crippen LogP contribution in [0, 0.1) is 0 Å². The highest BCUT2D eigenvalue weighted by Gasteiger charge is 2.16. The normalized spacial score (nSPS) is 10.8. The number of hydrogen-bond acceptors (Lipinski definition) is 5. The smallest absolute Gasteiger partial charge is 0.329 e. The molecule has 0 saturated carbocycles. The summed E-state index contributed by atoms with van der Waals surface area (Å²) in [6, 6.07) is 7.29. The van der Waals surface area contributed by atoms with Crippen molar-refractivity contribution in [2.75, 3.05) is 0 Å². The van der Waals surface area contributed by atoms with Crippen molar-refractivity contribution in [3.63, 3.8) is 0 Å². The highest BCUT2D eigenvalue weighted by molar-refractivity contribution is 9.12. The van der Waals surface area contributed by atoms with Gasteiger partial charge >= 0.3 is 12.0 Å². The van der Waals surface area contributed by atoms with Crippen LogP contribution in [0.15, 0.2) is 51.1 Å². The number of hydrogen-bond donors (Lipinski definition) is 0. The maximum absolute atomic E-state index is 6.01. The van der Waals surface area contributed by atoms with Gasteiger partial charge in [0.05, 0.1) is 17.9 Å². The standard InChI is InChI=1S/C15H4Br6ClN3O2/c16-5-1-7(18)11(8(19)2-5)26-14-23-13(22)24-15(25-14)27-12-9(20)3-6(17)4-10(12)21/h1-4H. The molecule has 0 saturated heterocycles. The molecule has 3 aromatic rings. The van der Waals surface area contributed by atoms with Gasteiger partial charge in [0.2, 0.25) is 5.28 Å². The average molecular weight is 773 g/mol. The first kappa shape index (κ1) is 21.9. The molecular weight excluding hydrogens is 769 g/mol. The number of benzene rings is 2. The predicted octanol–water partition coefficient (Wildman–Crippen LogP) is 8.68. The molecule has 1 aromatic heterocycles. The number of ether oxygens (including phenoxy) is 2. The van der Waals surface area contributed by atoms with Crippen molar-refractivity contribution in [3.05, 3.63) is 56.4 Å². The number of rotatable bonds is 4. The predicted molar refractivity (Wildman–Crippen MR) is 124 cm³/mol. The first-order valence-corrected chi connectivity index (χ1v) is 11.9. The van der Waals surface area contributed by atoms with Crippen molar-refractivity contribution in [3.8, 4) is 23.5 Å². The van der Waals surface area contributed by atoms with Crippen LogP contribution in [0.2, 0.25) is 5.28 Å². The lowest BCUT2D eigenvalue weighted by atomic mass is 10.3. The van der Waals surface area contributed by atoms with Crippen LogP contribution in [0.3, 0.4) is 0 Å². The molecule has 1 heterocycles. The molecule has 0 N–H and O–H groups in total. The monoisotopic (exact) mass is 767 g/mol. The summed E-state index contributed by atoms with van der Waals surface area (Å²) < 4.78 is 16.0. The van der Waals surface area contributed by atoms with E-state index in [0.717, 1.165) is 8.95 Å². The largest absolute Gasteiger partial charge is 0.422 e.